The zero-order valence-electron chi connectivity index (χ0n) is 16.0. The number of unbranched alkanes of at least 4 members (excludes halogenated alkanes) is 1. The second-order valence-electron chi connectivity index (χ2n) is 6.17. The van der Waals surface area contributed by atoms with Gasteiger partial charge in [-0.05, 0) is 48.4 Å². The molecule has 0 bridgehead atoms. The summed E-state index contributed by atoms with van der Waals surface area (Å²) < 4.78 is 30.6. The zero-order chi connectivity index (χ0) is 20.4. The van der Waals surface area contributed by atoms with E-state index in [0.717, 1.165) is 34.7 Å². The van der Waals surface area contributed by atoms with Crippen molar-refractivity contribution in [2.24, 2.45) is 5.10 Å². The van der Waals surface area contributed by atoms with E-state index in [1.54, 1.807) is 30.3 Å². The van der Waals surface area contributed by atoms with Crippen molar-refractivity contribution in [2.45, 2.75) is 19.8 Å². The van der Waals surface area contributed by atoms with E-state index in [0.29, 0.717) is 12.3 Å². The zero-order valence-corrected chi connectivity index (χ0v) is 16.9. The molecular weight excluding hydrogens is 378 g/mol. The SMILES string of the molecule is CCCCOc1ccc(/C=N\NC(=O)CN(c2ccccc2)S(C)(=O)=O)cc1. The molecule has 150 valence electrons. The van der Waals surface area contributed by atoms with Crippen LogP contribution in [0.4, 0.5) is 5.69 Å². The number of nitrogens with zero attached hydrogens (tertiary/aromatic N) is 2. The van der Waals surface area contributed by atoms with Crippen molar-refractivity contribution < 1.29 is 17.9 Å². The van der Waals surface area contributed by atoms with E-state index in [-0.39, 0.29) is 6.54 Å². The number of hydrogen-bond donors (Lipinski definition) is 1. The first-order valence-corrected chi connectivity index (χ1v) is 10.8. The molecule has 0 unspecified atom stereocenters. The second kappa shape index (κ2) is 10.5. The van der Waals surface area contributed by atoms with Crippen LogP contribution in [0.2, 0.25) is 0 Å². The fourth-order valence-electron chi connectivity index (χ4n) is 2.32. The van der Waals surface area contributed by atoms with Gasteiger partial charge in [-0.25, -0.2) is 13.8 Å². The van der Waals surface area contributed by atoms with E-state index < -0.39 is 15.9 Å². The van der Waals surface area contributed by atoms with Crippen LogP contribution in [-0.2, 0) is 14.8 Å². The van der Waals surface area contributed by atoms with Gasteiger partial charge in [0.1, 0.15) is 12.3 Å². The molecule has 0 saturated carbocycles. The van der Waals surface area contributed by atoms with Crippen LogP contribution in [0.15, 0.2) is 59.7 Å². The van der Waals surface area contributed by atoms with Crippen LogP contribution in [0.5, 0.6) is 5.75 Å². The van der Waals surface area contributed by atoms with Crippen molar-refractivity contribution in [3.8, 4) is 5.75 Å². The monoisotopic (exact) mass is 403 g/mol. The molecule has 0 spiro atoms. The van der Waals surface area contributed by atoms with Crippen LogP contribution in [0.3, 0.4) is 0 Å². The van der Waals surface area contributed by atoms with Crippen molar-refractivity contribution >= 4 is 27.8 Å². The van der Waals surface area contributed by atoms with E-state index in [9.17, 15) is 13.2 Å². The molecule has 28 heavy (non-hydrogen) atoms. The summed E-state index contributed by atoms with van der Waals surface area (Å²) >= 11 is 0. The Morgan fingerprint density at radius 3 is 2.43 bits per heavy atom. The van der Waals surface area contributed by atoms with Gasteiger partial charge in [0.05, 0.1) is 24.8 Å². The van der Waals surface area contributed by atoms with E-state index in [1.165, 1.54) is 6.21 Å². The normalized spacial score (nSPS) is 11.4. The maximum absolute atomic E-state index is 12.1. The van der Waals surface area contributed by atoms with Crippen LogP contribution >= 0.6 is 0 Å². The predicted octanol–water partition coefficient (Wildman–Crippen LogP) is 2.78. The Labute approximate surface area is 166 Å². The number of anilines is 1. The lowest BCUT2D eigenvalue weighted by atomic mass is 10.2. The van der Waals surface area contributed by atoms with Gasteiger partial charge in [-0.2, -0.15) is 5.10 Å². The van der Waals surface area contributed by atoms with Gasteiger partial charge in [-0.3, -0.25) is 9.10 Å². The Kier molecular flexibility index (Phi) is 8.01. The van der Waals surface area contributed by atoms with Crippen molar-refractivity contribution in [1.82, 2.24) is 5.43 Å². The molecule has 7 nitrogen and oxygen atoms in total. The molecule has 2 aromatic carbocycles. The van der Waals surface area contributed by atoms with Gasteiger partial charge in [0.25, 0.3) is 5.91 Å². The molecule has 2 aromatic rings. The van der Waals surface area contributed by atoms with E-state index in [1.807, 2.05) is 24.3 Å². The number of carbonyl (C=O) groups is 1. The van der Waals surface area contributed by atoms with Crippen molar-refractivity contribution in [1.29, 1.82) is 0 Å². The highest BCUT2D eigenvalue weighted by Crippen LogP contribution is 2.16. The van der Waals surface area contributed by atoms with Crippen LogP contribution in [0, 0.1) is 0 Å². The quantitative estimate of drug-likeness (QED) is 0.375. The molecular formula is C20H25N3O4S. The molecule has 0 aliphatic heterocycles. The third-order valence-electron chi connectivity index (χ3n) is 3.78. The highest BCUT2D eigenvalue weighted by molar-refractivity contribution is 7.92. The number of para-hydroxylation sites is 1. The topological polar surface area (TPSA) is 88.1 Å². The van der Waals surface area contributed by atoms with E-state index in [2.05, 4.69) is 17.5 Å². The number of benzene rings is 2. The number of amides is 1. The minimum atomic E-state index is -3.60. The number of hydrogen-bond acceptors (Lipinski definition) is 5. The number of rotatable bonds is 10. The van der Waals surface area contributed by atoms with Gasteiger partial charge >= 0.3 is 0 Å². The summed E-state index contributed by atoms with van der Waals surface area (Å²) in [6.07, 6.45) is 4.62. The summed E-state index contributed by atoms with van der Waals surface area (Å²) in [5.41, 5.74) is 3.56. The highest BCUT2D eigenvalue weighted by atomic mass is 32.2. The van der Waals surface area contributed by atoms with E-state index in [4.69, 9.17) is 4.74 Å². The Bertz CT molecular complexity index is 881. The van der Waals surface area contributed by atoms with Crippen LogP contribution in [-0.4, -0.2) is 39.9 Å². The fourth-order valence-corrected chi connectivity index (χ4v) is 3.18. The summed E-state index contributed by atoms with van der Waals surface area (Å²) in [5.74, 6) is 0.242. The summed E-state index contributed by atoms with van der Waals surface area (Å²) in [5, 5.41) is 3.89. The Balaban J connectivity index is 1.91. The maximum Gasteiger partial charge on any atom is 0.260 e. The molecule has 0 fully saturated rings. The minimum absolute atomic E-state index is 0.357. The van der Waals surface area contributed by atoms with Crippen molar-refractivity contribution in [3.05, 3.63) is 60.2 Å². The number of hydrazone groups is 1. The van der Waals surface area contributed by atoms with Gasteiger partial charge in [0, 0.05) is 0 Å². The minimum Gasteiger partial charge on any atom is -0.494 e. The molecule has 0 aliphatic rings. The lowest BCUT2D eigenvalue weighted by molar-refractivity contribution is -0.119. The summed E-state index contributed by atoms with van der Waals surface area (Å²) in [6.45, 7) is 2.43. The van der Waals surface area contributed by atoms with Crippen LogP contribution in [0.25, 0.3) is 0 Å². The fraction of sp³-hybridized carbons (Fsp3) is 0.300. The third kappa shape index (κ3) is 7.03. The summed E-state index contributed by atoms with van der Waals surface area (Å²) in [4.78, 5) is 12.1. The van der Waals surface area contributed by atoms with E-state index >= 15 is 0 Å². The average molecular weight is 404 g/mol. The number of ether oxygens (including phenoxy) is 1. The third-order valence-corrected chi connectivity index (χ3v) is 4.92. The molecule has 8 heteroatoms. The molecule has 1 amide bonds. The Hall–Kier alpha value is -2.87. The van der Waals surface area contributed by atoms with Gasteiger partial charge in [-0.15, -0.1) is 0 Å². The molecule has 0 heterocycles. The molecule has 0 atom stereocenters. The van der Waals surface area contributed by atoms with Crippen molar-refractivity contribution in [2.75, 3.05) is 23.7 Å². The Morgan fingerprint density at radius 2 is 1.82 bits per heavy atom. The standard InChI is InChI=1S/C20H25N3O4S/c1-3-4-14-27-19-12-10-17(11-13-19)15-21-22-20(24)16-23(28(2,25)26)18-8-6-5-7-9-18/h5-13,15H,3-4,14,16H2,1-2H3,(H,22,24)/b21-15-. The second-order valence-corrected chi connectivity index (χ2v) is 8.08. The number of sulfonamides is 1. The largest absolute Gasteiger partial charge is 0.494 e. The van der Waals surface area contributed by atoms with Crippen LogP contribution < -0.4 is 14.5 Å². The van der Waals surface area contributed by atoms with Crippen molar-refractivity contribution in [3.63, 3.8) is 0 Å². The summed E-state index contributed by atoms with van der Waals surface area (Å²) in [7, 11) is -3.60. The average Bonchev–Trinajstić information content (AvgIpc) is 2.67. The molecule has 0 saturated heterocycles. The Morgan fingerprint density at radius 1 is 1.14 bits per heavy atom. The van der Waals surface area contributed by atoms with Crippen LogP contribution in [0.1, 0.15) is 25.3 Å². The molecule has 0 aliphatic carbocycles. The lowest BCUT2D eigenvalue weighted by Gasteiger charge is -2.21. The lowest BCUT2D eigenvalue weighted by Crippen LogP contribution is -2.38. The summed E-state index contributed by atoms with van der Waals surface area (Å²) in [6, 6.07) is 15.8. The molecule has 1 N–H and O–H groups in total. The number of carbonyl (C=O) groups excluding carboxylic acids is 1. The molecule has 2 rings (SSSR count). The smallest absolute Gasteiger partial charge is 0.260 e. The number of nitrogens with one attached hydrogen (secondary N) is 1. The van der Waals surface area contributed by atoms with Gasteiger partial charge in [0.15, 0.2) is 0 Å². The highest BCUT2D eigenvalue weighted by Gasteiger charge is 2.20. The first-order chi connectivity index (χ1) is 13.4. The van der Waals surface area contributed by atoms with Gasteiger partial charge in [-0.1, -0.05) is 31.5 Å². The predicted molar refractivity (Wildman–Crippen MR) is 111 cm³/mol. The maximum atomic E-state index is 12.1. The van der Waals surface area contributed by atoms with Gasteiger partial charge < -0.3 is 4.74 Å². The molecule has 0 radical (unpaired) electrons. The molecule has 0 aromatic heterocycles. The first-order valence-electron chi connectivity index (χ1n) is 8.97. The first kappa shape index (κ1) is 21.4. The van der Waals surface area contributed by atoms with Gasteiger partial charge in [0.2, 0.25) is 10.0 Å².